The molecule has 2 aromatic rings. The van der Waals surface area contributed by atoms with Crippen LogP contribution in [-0.2, 0) is 6.61 Å². The smallest absolute Gasteiger partial charge is 0.125 e. The molecular formula is C10H8ClFN2O. The average Bonchev–Trinajstić information content (AvgIpc) is 2.64. The topological polar surface area (TPSA) is 38.0 Å². The van der Waals surface area contributed by atoms with E-state index in [0.29, 0.717) is 16.3 Å². The molecule has 0 saturated carbocycles. The third-order valence-electron chi connectivity index (χ3n) is 1.94. The van der Waals surface area contributed by atoms with Crippen LogP contribution in [0.1, 0.15) is 5.56 Å². The Bertz CT molecular complexity index is 484. The average molecular weight is 227 g/mol. The maximum atomic E-state index is 13.1. The first-order valence-corrected chi connectivity index (χ1v) is 4.68. The largest absolute Gasteiger partial charge is 0.392 e. The highest BCUT2D eigenvalue weighted by atomic mass is 35.5. The van der Waals surface area contributed by atoms with E-state index in [1.165, 1.54) is 23.0 Å². The highest BCUT2D eigenvalue weighted by Crippen LogP contribution is 2.15. The third-order valence-corrected chi connectivity index (χ3v) is 2.14. The van der Waals surface area contributed by atoms with Crippen LogP contribution in [0, 0.1) is 5.82 Å². The van der Waals surface area contributed by atoms with E-state index in [2.05, 4.69) is 5.10 Å². The summed E-state index contributed by atoms with van der Waals surface area (Å²) in [6, 6.07) is 4.24. The predicted molar refractivity (Wildman–Crippen MR) is 54.5 cm³/mol. The molecule has 0 saturated heterocycles. The summed E-state index contributed by atoms with van der Waals surface area (Å²) in [5.74, 6) is -0.414. The van der Waals surface area contributed by atoms with Gasteiger partial charge in [0.2, 0.25) is 0 Å². The first-order valence-electron chi connectivity index (χ1n) is 4.30. The molecule has 0 unspecified atom stereocenters. The van der Waals surface area contributed by atoms with Crippen molar-refractivity contribution in [3.63, 3.8) is 0 Å². The van der Waals surface area contributed by atoms with Crippen molar-refractivity contribution in [2.24, 2.45) is 0 Å². The SMILES string of the molecule is OCc1cc(F)cc(-n2cc(Cl)cn2)c1. The fourth-order valence-electron chi connectivity index (χ4n) is 1.30. The summed E-state index contributed by atoms with van der Waals surface area (Å²) in [4.78, 5) is 0. The minimum atomic E-state index is -0.414. The first kappa shape index (κ1) is 10.1. The van der Waals surface area contributed by atoms with Gasteiger partial charge in [-0.05, 0) is 23.8 Å². The van der Waals surface area contributed by atoms with Gasteiger partial charge in [0, 0.05) is 6.20 Å². The lowest BCUT2D eigenvalue weighted by Gasteiger charge is -2.03. The quantitative estimate of drug-likeness (QED) is 0.852. The summed E-state index contributed by atoms with van der Waals surface area (Å²) < 4.78 is 14.6. The minimum absolute atomic E-state index is 0.209. The summed E-state index contributed by atoms with van der Waals surface area (Å²) in [5, 5.41) is 13.3. The molecule has 0 radical (unpaired) electrons. The Hall–Kier alpha value is -1.39. The molecule has 0 bridgehead atoms. The molecule has 0 aliphatic rings. The first-order chi connectivity index (χ1) is 7.19. The van der Waals surface area contributed by atoms with Crippen molar-refractivity contribution < 1.29 is 9.50 Å². The van der Waals surface area contributed by atoms with Crippen molar-refractivity contribution >= 4 is 11.6 Å². The van der Waals surface area contributed by atoms with Crippen LogP contribution in [0.15, 0.2) is 30.6 Å². The van der Waals surface area contributed by atoms with Crippen LogP contribution >= 0.6 is 11.6 Å². The molecule has 1 heterocycles. The molecule has 0 atom stereocenters. The summed E-state index contributed by atoms with van der Waals surface area (Å²) in [6.45, 7) is -0.209. The molecule has 0 spiro atoms. The molecule has 2 rings (SSSR count). The summed E-state index contributed by atoms with van der Waals surface area (Å²) in [7, 11) is 0. The molecule has 5 heteroatoms. The normalized spacial score (nSPS) is 10.6. The van der Waals surface area contributed by atoms with Gasteiger partial charge in [-0.25, -0.2) is 9.07 Å². The van der Waals surface area contributed by atoms with Crippen LogP contribution in [0.2, 0.25) is 5.02 Å². The molecule has 1 aromatic heterocycles. The molecule has 0 amide bonds. The highest BCUT2D eigenvalue weighted by Gasteiger charge is 2.03. The molecular weight excluding hydrogens is 219 g/mol. The third kappa shape index (κ3) is 2.16. The lowest BCUT2D eigenvalue weighted by molar-refractivity contribution is 0.281. The minimum Gasteiger partial charge on any atom is -0.392 e. The van der Waals surface area contributed by atoms with E-state index in [1.807, 2.05) is 0 Å². The van der Waals surface area contributed by atoms with Crippen LogP contribution in [0.25, 0.3) is 5.69 Å². The molecule has 0 fully saturated rings. The van der Waals surface area contributed by atoms with E-state index >= 15 is 0 Å². The van der Waals surface area contributed by atoms with E-state index in [0.717, 1.165) is 0 Å². The number of rotatable bonds is 2. The lowest BCUT2D eigenvalue weighted by Crippen LogP contribution is -1.97. The van der Waals surface area contributed by atoms with Crippen LogP contribution in [0.5, 0.6) is 0 Å². The van der Waals surface area contributed by atoms with Gasteiger partial charge in [-0.15, -0.1) is 0 Å². The van der Waals surface area contributed by atoms with E-state index in [1.54, 1.807) is 12.3 Å². The molecule has 0 aliphatic carbocycles. The van der Waals surface area contributed by atoms with Gasteiger partial charge in [0.05, 0.1) is 23.5 Å². The number of nitrogens with zero attached hydrogens (tertiary/aromatic N) is 2. The fraction of sp³-hybridized carbons (Fsp3) is 0.100. The van der Waals surface area contributed by atoms with Crippen LogP contribution in [-0.4, -0.2) is 14.9 Å². The van der Waals surface area contributed by atoms with Crippen LogP contribution < -0.4 is 0 Å². The second-order valence-electron chi connectivity index (χ2n) is 3.08. The van der Waals surface area contributed by atoms with Gasteiger partial charge in [0.15, 0.2) is 0 Å². The predicted octanol–water partition coefficient (Wildman–Crippen LogP) is 2.16. The molecule has 1 N–H and O–H groups in total. The van der Waals surface area contributed by atoms with Crippen LogP contribution in [0.3, 0.4) is 0 Å². The maximum absolute atomic E-state index is 13.1. The van der Waals surface area contributed by atoms with E-state index in [-0.39, 0.29) is 6.61 Å². The number of aromatic nitrogens is 2. The zero-order valence-electron chi connectivity index (χ0n) is 7.69. The van der Waals surface area contributed by atoms with E-state index < -0.39 is 5.82 Å². The zero-order chi connectivity index (χ0) is 10.8. The molecule has 1 aromatic carbocycles. The number of aliphatic hydroxyl groups is 1. The Labute approximate surface area is 90.7 Å². The van der Waals surface area contributed by atoms with Crippen LogP contribution in [0.4, 0.5) is 4.39 Å². The fourth-order valence-corrected chi connectivity index (χ4v) is 1.44. The highest BCUT2D eigenvalue weighted by molar-refractivity contribution is 6.30. The standard InChI is InChI=1S/C10H8ClFN2O/c11-8-4-13-14(5-8)10-2-7(6-15)1-9(12)3-10/h1-5,15H,6H2. The summed E-state index contributed by atoms with van der Waals surface area (Å²) >= 11 is 5.70. The van der Waals surface area contributed by atoms with Gasteiger partial charge < -0.3 is 5.11 Å². The van der Waals surface area contributed by atoms with E-state index in [9.17, 15) is 4.39 Å². The Morgan fingerprint density at radius 2 is 2.20 bits per heavy atom. The number of hydrogen-bond acceptors (Lipinski definition) is 2. The zero-order valence-corrected chi connectivity index (χ0v) is 8.45. The van der Waals surface area contributed by atoms with Crippen molar-refractivity contribution in [2.45, 2.75) is 6.61 Å². The lowest BCUT2D eigenvalue weighted by atomic mass is 10.2. The number of halogens is 2. The van der Waals surface area contributed by atoms with Gasteiger partial charge in [-0.1, -0.05) is 11.6 Å². The Kier molecular flexibility index (Phi) is 2.70. The number of aliphatic hydroxyl groups excluding tert-OH is 1. The molecule has 3 nitrogen and oxygen atoms in total. The van der Waals surface area contributed by atoms with Gasteiger partial charge >= 0.3 is 0 Å². The Morgan fingerprint density at radius 1 is 1.40 bits per heavy atom. The van der Waals surface area contributed by atoms with Gasteiger partial charge in [0.1, 0.15) is 5.82 Å². The Balaban J connectivity index is 2.48. The monoisotopic (exact) mass is 226 g/mol. The molecule has 78 valence electrons. The van der Waals surface area contributed by atoms with Gasteiger partial charge in [-0.3, -0.25) is 0 Å². The van der Waals surface area contributed by atoms with Gasteiger partial charge in [-0.2, -0.15) is 5.10 Å². The number of benzene rings is 1. The Morgan fingerprint density at radius 3 is 2.80 bits per heavy atom. The van der Waals surface area contributed by atoms with Crippen molar-refractivity contribution in [1.82, 2.24) is 9.78 Å². The molecule has 0 aliphatic heterocycles. The van der Waals surface area contributed by atoms with E-state index in [4.69, 9.17) is 16.7 Å². The summed E-state index contributed by atoms with van der Waals surface area (Å²) in [6.07, 6.45) is 3.03. The van der Waals surface area contributed by atoms with Crippen molar-refractivity contribution in [3.05, 3.63) is 47.0 Å². The molecule has 15 heavy (non-hydrogen) atoms. The maximum Gasteiger partial charge on any atom is 0.125 e. The second kappa shape index (κ2) is 4.00. The van der Waals surface area contributed by atoms with Crippen molar-refractivity contribution in [2.75, 3.05) is 0 Å². The number of hydrogen-bond donors (Lipinski definition) is 1. The van der Waals surface area contributed by atoms with Crippen molar-refractivity contribution in [3.8, 4) is 5.69 Å². The summed E-state index contributed by atoms with van der Waals surface area (Å²) in [5.41, 5.74) is 1.03. The van der Waals surface area contributed by atoms with Crippen molar-refractivity contribution in [1.29, 1.82) is 0 Å². The second-order valence-corrected chi connectivity index (χ2v) is 3.52. The van der Waals surface area contributed by atoms with Gasteiger partial charge in [0.25, 0.3) is 0 Å².